The Morgan fingerprint density at radius 2 is 1.24 bits per heavy atom. The summed E-state index contributed by atoms with van der Waals surface area (Å²) in [5, 5.41) is 0. The Hall–Kier alpha value is -0.830. The largest absolute Gasteiger partial charge is 0.464 e. The maximum Gasteiger partial charge on any atom is 0.332 e. The molecule has 0 saturated heterocycles. The van der Waals surface area contributed by atoms with Crippen LogP contribution in [-0.4, -0.2) is 25.8 Å². The van der Waals surface area contributed by atoms with E-state index in [1.54, 1.807) is 0 Å². The van der Waals surface area contributed by atoms with Gasteiger partial charge in [0.2, 0.25) is 0 Å². The number of hydrogen-bond donors (Lipinski definition) is 0. The zero-order chi connectivity index (χ0) is 18.4. The molecule has 0 spiro atoms. The fraction of sp³-hybridized carbons (Fsp3) is 0.864. The van der Waals surface area contributed by atoms with Crippen LogP contribution in [0.5, 0.6) is 0 Å². The third kappa shape index (κ3) is 21.1. The van der Waals surface area contributed by atoms with Crippen molar-refractivity contribution in [2.24, 2.45) is 0 Å². The van der Waals surface area contributed by atoms with Crippen LogP contribution in [0, 0.1) is 0 Å². The van der Waals surface area contributed by atoms with Gasteiger partial charge in [-0.15, -0.1) is 0 Å². The second-order valence-corrected chi connectivity index (χ2v) is 6.80. The Labute approximate surface area is 156 Å². The number of carbonyl (C=O) groups is 1. The molecule has 0 N–H and O–H groups in total. The number of rotatable bonds is 19. The van der Waals surface area contributed by atoms with E-state index in [9.17, 15) is 4.79 Å². The molecule has 0 aliphatic carbocycles. The highest BCUT2D eigenvalue weighted by Crippen LogP contribution is 2.09. The summed E-state index contributed by atoms with van der Waals surface area (Å²) in [4.78, 5) is 11.1. The van der Waals surface area contributed by atoms with Crippen LogP contribution in [0.1, 0.15) is 104 Å². The van der Waals surface area contributed by atoms with Crippen molar-refractivity contribution in [3.05, 3.63) is 12.2 Å². The van der Waals surface area contributed by atoms with Crippen molar-refractivity contribution in [1.82, 2.24) is 0 Å². The number of allylic oxidation sites excluding steroid dienone is 2. The summed E-state index contributed by atoms with van der Waals surface area (Å²) in [6.45, 7) is 5.27. The Morgan fingerprint density at radius 3 is 1.80 bits per heavy atom. The van der Waals surface area contributed by atoms with Gasteiger partial charge in [0, 0.05) is 6.61 Å². The molecule has 0 rings (SSSR count). The zero-order valence-corrected chi connectivity index (χ0v) is 16.9. The minimum atomic E-state index is -0.257. The first kappa shape index (κ1) is 24.2. The van der Waals surface area contributed by atoms with Crippen molar-refractivity contribution in [2.45, 2.75) is 104 Å². The van der Waals surface area contributed by atoms with E-state index < -0.39 is 0 Å². The van der Waals surface area contributed by atoms with Crippen molar-refractivity contribution in [2.75, 3.05) is 19.8 Å². The molecule has 0 amide bonds. The molecule has 0 aliphatic heterocycles. The van der Waals surface area contributed by atoms with Crippen LogP contribution >= 0.6 is 0 Å². The third-order valence-corrected chi connectivity index (χ3v) is 4.33. The van der Waals surface area contributed by atoms with Gasteiger partial charge in [-0.3, -0.25) is 0 Å². The van der Waals surface area contributed by atoms with Gasteiger partial charge in [-0.25, -0.2) is 4.79 Å². The lowest BCUT2D eigenvalue weighted by Crippen LogP contribution is -2.12. The Kier molecular flexibility index (Phi) is 20.5. The van der Waals surface area contributed by atoms with E-state index in [1.807, 2.05) is 6.92 Å². The predicted molar refractivity (Wildman–Crippen MR) is 107 cm³/mol. The van der Waals surface area contributed by atoms with Crippen LogP contribution in [-0.2, 0) is 14.3 Å². The lowest BCUT2D eigenvalue weighted by Gasteiger charge is -2.04. The normalized spacial score (nSPS) is 11.3. The molecule has 0 fully saturated rings. The molecule has 0 atom stereocenters. The van der Waals surface area contributed by atoms with Crippen molar-refractivity contribution in [3.8, 4) is 0 Å². The van der Waals surface area contributed by atoms with Gasteiger partial charge in [0.25, 0.3) is 0 Å². The minimum Gasteiger partial charge on any atom is -0.464 e. The summed E-state index contributed by atoms with van der Waals surface area (Å²) in [6, 6.07) is 0. The molecule has 0 aliphatic rings. The summed E-state index contributed by atoms with van der Waals surface area (Å²) in [5.41, 5.74) is 0. The molecule has 0 radical (unpaired) electrons. The lowest BCUT2D eigenvalue weighted by molar-refractivity contribution is -0.148. The topological polar surface area (TPSA) is 35.5 Å². The Morgan fingerprint density at radius 1 is 0.720 bits per heavy atom. The van der Waals surface area contributed by atoms with Gasteiger partial charge in [-0.05, 0) is 39.0 Å². The second-order valence-electron chi connectivity index (χ2n) is 6.80. The van der Waals surface area contributed by atoms with Crippen LogP contribution in [0.2, 0.25) is 0 Å². The van der Waals surface area contributed by atoms with Crippen molar-refractivity contribution < 1.29 is 14.3 Å². The summed E-state index contributed by atoms with van der Waals surface area (Å²) in [6.07, 6.45) is 23.0. The van der Waals surface area contributed by atoms with Crippen LogP contribution in [0.3, 0.4) is 0 Å². The molecule has 0 aromatic rings. The first-order valence-corrected chi connectivity index (χ1v) is 10.7. The smallest absolute Gasteiger partial charge is 0.332 e. The molecule has 0 unspecified atom stereocenters. The maximum atomic E-state index is 11.1. The number of ether oxygens (including phenoxy) is 2. The Balaban J connectivity index is 3.11. The van der Waals surface area contributed by atoms with E-state index >= 15 is 0 Å². The fourth-order valence-corrected chi connectivity index (χ4v) is 2.81. The van der Waals surface area contributed by atoms with Crippen molar-refractivity contribution >= 4 is 5.97 Å². The van der Waals surface area contributed by atoms with Crippen LogP contribution in [0.15, 0.2) is 12.2 Å². The first-order valence-electron chi connectivity index (χ1n) is 10.7. The van der Waals surface area contributed by atoms with E-state index in [1.165, 1.54) is 83.5 Å². The summed E-state index contributed by atoms with van der Waals surface area (Å²) in [7, 11) is 0. The number of esters is 1. The van der Waals surface area contributed by atoms with E-state index in [0.29, 0.717) is 13.2 Å². The molecule has 0 heterocycles. The van der Waals surface area contributed by atoms with Gasteiger partial charge in [-0.2, -0.15) is 0 Å². The third-order valence-electron chi connectivity index (χ3n) is 4.33. The molecule has 148 valence electrons. The van der Waals surface area contributed by atoms with Crippen LogP contribution in [0.25, 0.3) is 0 Å². The highest BCUT2D eigenvalue weighted by molar-refractivity contribution is 5.70. The molecule has 0 aromatic carbocycles. The summed E-state index contributed by atoms with van der Waals surface area (Å²) < 4.78 is 10.1. The fourth-order valence-electron chi connectivity index (χ4n) is 2.81. The zero-order valence-electron chi connectivity index (χ0n) is 16.9. The first-order chi connectivity index (χ1) is 12.3. The molecule has 0 aromatic heterocycles. The predicted octanol–water partition coefficient (Wildman–Crippen LogP) is 6.60. The molecule has 3 heteroatoms. The van der Waals surface area contributed by atoms with Gasteiger partial charge in [0.1, 0.15) is 6.61 Å². The van der Waals surface area contributed by atoms with Crippen LogP contribution in [0.4, 0.5) is 0 Å². The molecule has 25 heavy (non-hydrogen) atoms. The van der Waals surface area contributed by atoms with Gasteiger partial charge in [0.05, 0.1) is 6.61 Å². The standard InChI is InChI=1S/C22H42O3/c1-3-5-6-7-8-9-10-11-12-13-14-15-16-17-18-19-20-24-21-22(23)25-4-2/h11-12H,3-10,13-21H2,1-2H3/b12-11-. The van der Waals surface area contributed by atoms with Crippen molar-refractivity contribution in [1.29, 1.82) is 0 Å². The minimum absolute atomic E-state index is 0.0961. The highest BCUT2D eigenvalue weighted by Gasteiger charge is 2.00. The van der Waals surface area contributed by atoms with Gasteiger partial charge in [-0.1, -0.05) is 76.9 Å². The van der Waals surface area contributed by atoms with Gasteiger partial charge < -0.3 is 9.47 Å². The van der Waals surface area contributed by atoms with E-state index in [-0.39, 0.29) is 12.6 Å². The quantitative estimate of drug-likeness (QED) is 0.149. The van der Waals surface area contributed by atoms with Gasteiger partial charge >= 0.3 is 5.97 Å². The maximum absolute atomic E-state index is 11.1. The molecular formula is C22H42O3. The summed E-state index contributed by atoms with van der Waals surface area (Å²) >= 11 is 0. The van der Waals surface area contributed by atoms with E-state index in [2.05, 4.69) is 19.1 Å². The second kappa shape index (κ2) is 21.2. The number of unbranched alkanes of at least 4 members (excludes halogenated alkanes) is 12. The van der Waals surface area contributed by atoms with E-state index in [0.717, 1.165) is 6.42 Å². The molecule has 0 saturated carbocycles. The number of hydrogen-bond acceptors (Lipinski definition) is 3. The molecule has 0 bridgehead atoms. The molecular weight excluding hydrogens is 312 g/mol. The SMILES string of the molecule is CCCCCCCC/C=C\CCCCCCCCOCC(=O)OCC. The number of carbonyl (C=O) groups excluding carboxylic acids is 1. The van der Waals surface area contributed by atoms with Crippen LogP contribution < -0.4 is 0 Å². The van der Waals surface area contributed by atoms with Gasteiger partial charge in [0.15, 0.2) is 0 Å². The monoisotopic (exact) mass is 354 g/mol. The lowest BCUT2D eigenvalue weighted by atomic mass is 10.1. The average molecular weight is 355 g/mol. The van der Waals surface area contributed by atoms with Crippen molar-refractivity contribution in [3.63, 3.8) is 0 Å². The van der Waals surface area contributed by atoms with E-state index in [4.69, 9.17) is 9.47 Å². The average Bonchev–Trinajstić information content (AvgIpc) is 2.61. The highest BCUT2D eigenvalue weighted by atomic mass is 16.6. The Bertz CT molecular complexity index is 300. The summed E-state index contributed by atoms with van der Waals surface area (Å²) in [5.74, 6) is -0.257. The molecule has 3 nitrogen and oxygen atoms in total.